The van der Waals surface area contributed by atoms with E-state index in [-0.39, 0.29) is 24.0 Å². The highest BCUT2D eigenvalue weighted by molar-refractivity contribution is 6.12. The van der Waals surface area contributed by atoms with Crippen LogP contribution in [0.25, 0.3) is 0 Å². The number of carboxylic acid groups (broad SMARTS) is 1. The van der Waals surface area contributed by atoms with Gasteiger partial charge in [-0.25, -0.2) is 4.79 Å². The second-order valence-corrected chi connectivity index (χ2v) is 5.74. The van der Waals surface area contributed by atoms with Crippen LogP contribution >= 0.6 is 0 Å². The van der Waals surface area contributed by atoms with E-state index in [0.29, 0.717) is 32.2 Å². The van der Waals surface area contributed by atoms with Gasteiger partial charge in [0.25, 0.3) is 0 Å². The van der Waals surface area contributed by atoms with Crippen molar-refractivity contribution in [3.05, 3.63) is 0 Å². The minimum absolute atomic E-state index is 0.104. The molecule has 6 nitrogen and oxygen atoms in total. The van der Waals surface area contributed by atoms with E-state index >= 15 is 0 Å². The molecule has 0 aromatic heterocycles. The van der Waals surface area contributed by atoms with Gasteiger partial charge in [0.15, 0.2) is 11.3 Å². The Kier molecular flexibility index (Phi) is 5.68. The molecule has 1 atom stereocenters. The summed E-state index contributed by atoms with van der Waals surface area (Å²) >= 11 is 0. The van der Waals surface area contributed by atoms with Crippen molar-refractivity contribution in [3.63, 3.8) is 0 Å². The summed E-state index contributed by atoms with van der Waals surface area (Å²) in [6, 6.07) is 0. The molecule has 0 spiro atoms. The molecule has 1 aliphatic carbocycles. The molecule has 0 aromatic rings. The summed E-state index contributed by atoms with van der Waals surface area (Å²) in [4.78, 5) is 36.0. The third-order valence-corrected chi connectivity index (χ3v) is 3.60. The summed E-state index contributed by atoms with van der Waals surface area (Å²) in [6.07, 6.45) is 2.65. The van der Waals surface area contributed by atoms with Gasteiger partial charge in [-0.3, -0.25) is 9.59 Å². The molecule has 0 saturated heterocycles. The highest BCUT2D eigenvalue weighted by atomic mass is 16.4. The van der Waals surface area contributed by atoms with Crippen LogP contribution in [0.1, 0.15) is 46.0 Å². The molecule has 0 unspecified atom stereocenters. The molecule has 20 heavy (non-hydrogen) atoms. The third kappa shape index (κ3) is 3.79. The zero-order valence-corrected chi connectivity index (χ0v) is 12.1. The van der Waals surface area contributed by atoms with Crippen LogP contribution in [0.15, 0.2) is 0 Å². The average molecular weight is 284 g/mol. The lowest BCUT2D eigenvalue weighted by atomic mass is 9.84. The fourth-order valence-electron chi connectivity index (χ4n) is 2.10. The van der Waals surface area contributed by atoms with Crippen molar-refractivity contribution in [2.75, 3.05) is 6.54 Å². The molecule has 1 rings (SSSR count). The molecule has 1 aliphatic rings. The number of hydrogen-bond acceptors (Lipinski definition) is 4. The highest BCUT2D eigenvalue weighted by Crippen LogP contribution is 2.35. The molecule has 0 aliphatic heterocycles. The first-order chi connectivity index (χ1) is 9.35. The first-order valence-electron chi connectivity index (χ1n) is 7.15. The van der Waals surface area contributed by atoms with Gasteiger partial charge in [0.05, 0.1) is 0 Å². The van der Waals surface area contributed by atoms with Crippen LogP contribution in [0.5, 0.6) is 0 Å². The van der Waals surface area contributed by atoms with Crippen molar-refractivity contribution in [2.45, 2.75) is 51.5 Å². The maximum absolute atomic E-state index is 12.4. The van der Waals surface area contributed by atoms with Crippen LogP contribution in [0.2, 0.25) is 0 Å². The zero-order chi connectivity index (χ0) is 15.3. The Morgan fingerprint density at radius 1 is 1.30 bits per heavy atom. The fraction of sp³-hybridized carbons (Fsp3) is 0.786. The number of carboxylic acids is 1. The minimum Gasteiger partial charge on any atom is -0.479 e. The van der Waals surface area contributed by atoms with E-state index in [1.165, 1.54) is 0 Å². The third-order valence-electron chi connectivity index (χ3n) is 3.60. The minimum atomic E-state index is -1.78. The van der Waals surface area contributed by atoms with Gasteiger partial charge in [-0.2, -0.15) is 0 Å². The predicted molar refractivity (Wildman–Crippen MR) is 74.0 cm³/mol. The molecule has 1 saturated carbocycles. The Hall–Kier alpha value is -1.43. The molecular formula is C14H24N2O4. The molecule has 0 heterocycles. The molecule has 1 amide bonds. The Bertz CT molecular complexity index is 391. The van der Waals surface area contributed by atoms with Crippen molar-refractivity contribution >= 4 is 17.7 Å². The smallest absolute Gasteiger partial charge is 0.337 e. The number of aliphatic carboxylic acids is 1. The molecule has 0 aromatic carbocycles. The number of unbranched alkanes of at least 4 members (excludes halogenated alkanes) is 1. The monoisotopic (exact) mass is 284 g/mol. The van der Waals surface area contributed by atoms with Gasteiger partial charge in [0, 0.05) is 11.8 Å². The van der Waals surface area contributed by atoms with Crippen molar-refractivity contribution in [1.82, 2.24) is 5.32 Å². The maximum atomic E-state index is 12.4. The van der Waals surface area contributed by atoms with E-state index in [1.807, 2.05) is 0 Å². The van der Waals surface area contributed by atoms with E-state index in [0.717, 1.165) is 0 Å². The number of carbonyl (C=O) groups excluding carboxylic acids is 2. The number of nitrogens with one attached hydrogen (secondary N) is 1. The van der Waals surface area contributed by atoms with Gasteiger partial charge in [-0.1, -0.05) is 13.8 Å². The van der Waals surface area contributed by atoms with Crippen LogP contribution in [0.3, 0.4) is 0 Å². The van der Waals surface area contributed by atoms with Crippen LogP contribution < -0.4 is 11.1 Å². The van der Waals surface area contributed by atoms with E-state index in [4.69, 9.17) is 5.73 Å². The van der Waals surface area contributed by atoms with E-state index in [9.17, 15) is 19.5 Å². The second-order valence-electron chi connectivity index (χ2n) is 5.74. The summed E-state index contributed by atoms with van der Waals surface area (Å²) in [5, 5.41) is 12.0. The van der Waals surface area contributed by atoms with Gasteiger partial charge < -0.3 is 16.2 Å². The van der Waals surface area contributed by atoms with E-state index < -0.39 is 17.4 Å². The summed E-state index contributed by atoms with van der Waals surface area (Å²) in [7, 11) is 0. The van der Waals surface area contributed by atoms with Crippen LogP contribution in [0, 0.1) is 11.8 Å². The fourth-order valence-corrected chi connectivity index (χ4v) is 2.10. The number of Topliss-reactive ketones (excluding diaryl/α,β-unsaturated/α-hetero) is 1. The molecule has 1 fully saturated rings. The average Bonchev–Trinajstić information content (AvgIpc) is 3.20. The highest BCUT2D eigenvalue weighted by Gasteiger charge is 2.52. The summed E-state index contributed by atoms with van der Waals surface area (Å²) in [5.74, 6) is -2.63. The summed E-state index contributed by atoms with van der Waals surface area (Å²) in [5.41, 5.74) is 3.63. The first-order valence-corrected chi connectivity index (χ1v) is 7.15. The predicted octanol–water partition coefficient (Wildman–Crippen LogP) is 0.690. The van der Waals surface area contributed by atoms with Crippen molar-refractivity contribution in [3.8, 4) is 0 Å². The van der Waals surface area contributed by atoms with Crippen LogP contribution in [0.4, 0.5) is 0 Å². The number of nitrogens with two attached hydrogens (primary N) is 1. The molecular weight excluding hydrogens is 260 g/mol. The van der Waals surface area contributed by atoms with Gasteiger partial charge >= 0.3 is 5.97 Å². The topological polar surface area (TPSA) is 109 Å². The lowest BCUT2D eigenvalue weighted by molar-refractivity contribution is -0.154. The molecule has 0 bridgehead atoms. The Morgan fingerprint density at radius 2 is 1.90 bits per heavy atom. The molecule has 0 radical (unpaired) electrons. The lowest BCUT2D eigenvalue weighted by Gasteiger charge is -2.30. The van der Waals surface area contributed by atoms with Gasteiger partial charge in [0.1, 0.15) is 0 Å². The van der Waals surface area contributed by atoms with E-state index in [1.54, 1.807) is 13.8 Å². The van der Waals surface area contributed by atoms with Crippen LogP contribution in [-0.2, 0) is 14.4 Å². The van der Waals surface area contributed by atoms with Gasteiger partial charge in [-0.15, -0.1) is 0 Å². The molecule has 6 heteroatoms. The Balaban J connectivity index is 2.95. The molecule has 4 N–H and O–H groups in total. The normalized spacial score (nSPS) is 17.6. The molecule has 114 valence electrons. The quantitative estimate of drug-likeness (QED) is 0.426. The number of amides is 1. The number of carbonyl (C=O) groups is 3. The lowest BCUT2D eigenvalue weighted by Crippen LogP contribution is -2.61. The number of hydrogen-bond donors (Lipinski definition) is 3. The van der Waals surface area contributed by atoms with Crippen molar-refractivity contribution in [2.24, 2.45) is 17.6 Å². The SMILES string of the molecule is CC(C)C(=O)N[C@@](CCCCN)(C(=O)O)C(=O)C1CC1. The van der Waals surface area contributed by atoms with Crippen molar-refractivity contribution in [1.29, 1.82) is 0 Å². The first kappa shape index (κ1) is 16.6. The number of rotatable bonds is 9. The zero-order valence-electron chi connectivity index (χ0n) is 12.1. The maximum Gasteiger partial charge on any atom is 0.337 e. The summed E-state index contributed by atoms with van der Waals surface area (Å²) < 4.78 is 0. The largest absolute Gasteiger partial charge is 0.479 e. The summed E-state index contributed by atoms with van der Waals surface area (Å²) in [6.45, 7) is 3.78. The second kappa shape index (κ2) is 6.83. The van der Waals surface area contributed by atoms with E-state index in [2.05, 4.69) is 5.32 Å². The Morgan fingerprint density at radius 3 is 2.30 bits per heavy atom. The Labute approximate surface area is 119 Å². The van der Waals surface area contributed by atoms with Crippen molar-refractivity contribution < 1.29 is 19.5 Å². The standard InChI is InChI=1S/C14H24N2O4/c1-9(2)12(18)16-14(13(19)20,7-3-4-8-15)11(17)10-5-6-10/h9-10H,3-8,15H2,1-2H3,(H,16,18)(H,19,20)/t14-/m1/s1. The van der Waals surface area contributed by atoms with Gasteiger partial charge in [-0.05, 0) is 38.6 Å². The number of ketones is 1. The van der Waals surface area contributed by atoms with Gasteiger partial charge in [0.2, 0.25) is 5.91 Å². The van der Waals surface area contributed by atoms with Crippen LogP contribution in [-0.4, -0.2) is 34.8 Å².